The predicted octanol–water partition coefficient (Wildman–Crippen LogP) is 2.91. The van der Waals surface area contributed by atoms with Crippen molar-refractivity contribution in [2.24, 2.45) is 14.1 Å². The van der Waals surface area contributed by atoms with Crippen LogP contribution < -0.4 is 11.2 Å². The second kappa shape index (κ2) is 6.59. The maximum absolute atomic E-state index is 13.0. The van der Waals surface area contributed by atoms with Crippen LogP contribution in [0.2, 0.25) is 0 Å². The Balaban J connectivity index is 2.18. The maximum Gasteiger partial charge on any atom is 0.330 e. The molecule has 0 saturated carbocycles. The highest BCUT2D eigenvalue weighted by molar-refractivity contribution is 5.95. The molecule has 4 rings (SSSR count). The van der Waals surface area contributed by atoms with Crippen LogP contribution in [0.4, 0.5) is 5.69 Å². The fourth-order valence-electron chi connectivity index (χ4n) is 3.50. The van der Waals surface area contributed by atoms with Crippen LogP contribution in [0.3, 0.4) is 0 Å². The molecule has 8 heteroatoms. The van der Waals surface area contributed by atoms with Gasteiger partial charge in [0.15, 0.2) is 0 Å². The lowest BCUT2D eigenvalue weighted by molar-refractivity contribution is -0.384. The van der Waals surface area contributed by atoms with Crippen molar-refractivity contribution < 1.29 is 4.92 Å². The van der Waals surface area contributed by atoms with Gasteiger partial charge in [-0.25, -0.2) is 4.79 Å². The van der Waals surface area contributed by atoms with Crippen LogP contribution in [0.25, 0.3) is 27.8 Å². The van der Waals surface area contributed by atoms with Crippen molar-refractivity contribution in [2.75, 3.05) is 0 Å². The Labute approximate surface area is 165 Å². The zero-order valence-corrected chi connectivity index (χ0v) is 16.1. The van der Waals surface area contributed by atoms with Crippen LogP contribution in [0.15, 0.2) is 64.3 Å². The zero-order valence-electron chi connectivity index (χ0n) is 16.1. The first-order valence-corrected chi connectivity index (χ1v) is 8.92. The number of hydrogen-bond acceptors (Lipinski definition) is 4. The fourth-order valence-corrected chi connectivity index (χ4v) is 3.50. The van der Waals surface area contributed by atoms with Crippen molar-refractivity contribution >= 4 is 16.6 Å². The number of nitro benzene ring substituents is 1. The number of fused-ring (bicyclic) bond motifs is 1. The molecule has 0 unspecified atom stereocenters. The molecule has 2 heterocycles. The van der Waals surface area contributed by atoms with Gasteiger partial charge in [0, 0.05) is 43.7 Å². The first kappa shape index (κ1) is 18.4. The lowest BCUT2D eigenvalue weighted by atomic mass is 10.1. The van der Waals surface area contributed by atoms with Crippen molar-refractivity contribution in [1.82, 2.24) is 13.7 Å². The Bertz CT molecular complexity index is 1390. The second-order valence-corrected chi connectivity index (χ2v) is 6.96. The van der Waals surface area contributed by atoms with Crippen LogP contribution in [0, 0.1) is 17.0 Å². The third-order valence-corrected chi connectivity index (χ3v) is 5.08. The summed E-state index contributed by atoms with van der Waals surface area (Å²) in [7, 11) is 3.02. The number of rotatable bonds is 3. The number of nitrogens with zero attached hydrogens (tertiary/aromatic N) is 4. The minimum Gasteiger partial charge on any atom is -0.314 e. The van der Waals surface area contributed by atoms with Gasteiger partial charge in [-0.1, -0.05) is 29.8 Å². The van der Waals surface area contributed by atoms with E-state index >= 15 is 0 Å². The van der Waals surface area contributed by atoms with E-state index in [0.717, 1.165) is 15.8 Å². The predicted molar refractivity (Wildman–Crippen MR) is 111 cm³/mol. The quantitative estimate of drug-likeness (QED) is 0.397. The summed E-state index contributed by atoms with van der Waals surface area (Å²) in [6.07, 6.45) is 1.72. The van der Waals surface area contributed by atoms with Crippen molar-refractivity contribution in [3.8, 4) is 16.9 Å². The van der Waals surface area contributed by atoms with Crippen LogP contribution in [0.5, 0.6) is 0 Å². The van der Waals surface area contributed by atoms with Crippen molar-refractivity contribution in [2.45, 2.75) is 6.92 Å². The summed E-state index contributed by atoms with van der Waals surface area (Å²) >= 11 is 0. The fraction of sp³-hybridized carbons (Fsp3) is 0.143. The number of nitro groups is 1. The molecule has 0 saturated heterocycles. The molecule has 146 valence electrons. The molecular formula is C21H18N4O4. The van der Waals surface area contributed by atoms with Crippen LogP contribution in [-0.2, 0) is 14.1 Å². The molecule has 0 atom stereocenters. The van der Waals surface area contributed by atoms with E-state index in [4.69, 9.17) is 0 Å². The van der Waals surface area contributed by atoms with Crippen LogP contribution in [-0.4, -0.2) is 18.6 Å². The molecule has 0 fully saturated rings. The minimum atomic E-state index is -0.474. The number of hydrogen-bond donors (Lipinski definition) is 0. The molecule has 0 amide bonds. The molecule has 0 aliphatic heterocycles. The van der Waals surface area contributed by atoms with Gasteiger partial charge in [0.05, 0.1) is 21.5 Å². The summed E-state index contributed by atoms with van der Waals surface area (Å²) in [5, 5.41) is 11.6. The number of benzene rings is 2. The van der Waals surface area contributed by atoms with E-state index in [2.05, 4.69) is 0 Å². The Morgan fingerprint density at radius 1 is 0.966 bits per heavy atom. The Morgan fingerprint density at radius 2 is 1.66 bits per heavy atom. The summed E-state index contributed by atoms with van der Waals surface area (Å²) in [5.74, 6) is 0. The maximum atomic E-state index is 13.0. The highest BCUT2D eigenvalue weighted by Crippen LogP contribution is 2.32. The van der Waals surface area contributed by atoms with E-state index < -0.39 is 16.2 Å². The van der Waals surface area contributed by atoms with Crippen molar-refractivity contribution in [3.63, 3.8) is 0 Å². The average molecular weight is 390 g/mol. The van der Waals surface area contributed by atoms with E-state index in [0.29, 0.717) is 22.2 Å². The van der Waals surface area contributed by atoms with E-state index in [-0.39, 0.29) is 5.69 Å². The SMILES string of the molecule is Cc1ccc(-n2cc3c(c2-c2cccc([N+](=O)[O-])c2)c(=O)n(C)c(=O)n3C)cc1. The number of aryl methyl sites for hydroxylation is 2. The highest BCUT2D eigenvalue weighted by Gasteiger charge is 2.21. The third-order valence-electron chi connectivity index (χ3n) is 5.08. The summed E-state index contributed by atoms with van der Waals surface area (Å²) in [5.41, 5.74) is 2.38. The van der Waals surface area contributed by atoms with Gasteiger partial charge in [0.1, 0.15) is 0 Å². The summed E-state index contributed by atoms with van der Waals surface area (Å²) in [6, 6.07) is 13.8. The van der Waals surface area contributed by atoms with Gasteiger partial charge in [0.2, 0.25) is 0 Å². The average Bonchev–Trinajstić information content (AvgIpc) is 3.12. The zero-order chi connectivity index (χ0) is 20.9. The monoisotopic (exact) mass is 390 g/mol. The normalized spacial score (nSPS) is 11.1. The van der Waals surface area contributed by atoms with E-state index in [1.165, 1.54) is 23.7 Å². The van der Waals surface area contributed by atoms with Gasteiger partial charge in [0.25, 0.3) is 11.2 Å². The van der Waals surface area contributed by atoms with Crippen LogP contribution >= 0.6 is 0 Å². The molecule has 0 aliphatic rings. The molecule has 4 aromatic rings. The highest BCUT2D eigenvalue weighted by atomic mass is 16.6. The lowest BCUT2D eigenvalue weighted by Gasteiger charge is -2.10. The molecule has 2 aromatic heterocycles. The van der Waals surface area contributed by atoms with E-state index in [1.807, 2.05) is 31.2 Å². The smallest absolute Gasteiger partial charge is 0.314 e. The molecule has 0 bridgehead atoms. The minimum absolute atomic E-state index is 0.0750. The van der Waals surface area contributed by atoms with Gasteiger partial charge >= 0.3 is 5.69 Å². The van der Waals surface area contributed by atoms with E-state index in [9.17, 15) is 19.7 Å². The molecule has 0 spiro atoms. The standard InChI is InChI=1S/C21H18N4O4/c1-13-7-9-15(10-8-13)24-12-17-18(20(26)23(3)21(27)22(17)2)19(24)14-5-4-6-16(11-14)25(28)29/h4-12H,1-3H3. The Morgan fingerprint density at radius 3 is 2.31 bits per heavy atom. The summed E-state index contributed by atoms with van der Waals surface area (Å²) in [6.45, 7) is 1.97. The first-order chi connectivity index (χ1) is 13.8. The van der Waals surface area contributed by atoms with Crippen LogP contribution in [0.1, 0.15) is 5.56 Å². The molecule has 8 nitrogen and oxygen atoms in total. The Hall–Kier alpha value is -3.94. The second-order valence-electron chi connectivity index (χ2n) is 6.96. The lowest BCUT2D eigenvalue weighted by Crippen LogP contribution is -2.36. The third kappa shape index (κ3) is 2.85. The van der Waals surface area contributed by atoms with Gasteiger partial charge in [-0.2, -0.15) is 0 Å². The first-order valence-electron chi connectivity index (χ1n) is 8.92. The van der Waals surface area contributed by atoms with Gasteiger partial charge in [-0.05, 0) is 19.1 Å². The van der Waals surface area contributed by atoms with Crippen molar-refractivity contribution in [1.29, 1.82) is 0 Å². The van der Waals surface area contributed by atoms with Crippen molar-refractivity contribution in [3.05, 3.63) is 91.2 Å². The molecule has 29 heavy (non-hydrogen) atoms. The summed E-state index contributed by atoms with van der Waals surface area (Å²) in [4.78, 5) is 36.2. The molecule has 0 aliphatic carbocycles. The Kier molecular flexibility index (Phi) is 4.19. The molecule has 0 N–H and O–H groups in total. The summed E-state index contributed by atoms with van der Waals surface area (Å²) < 4.78 is 4.24. The van der Waals surface area contributed by atoms with Gasteiger partial charge in [-0.15, -0.1) is 0 Å². The molecule has 0 radical (unpaired) electrons. The van der Waals surface area contributed by atoms with Gasteiger partial charge < -0.3 is 4.57 Å². The van der Waals surface area contributed by atoms with E-state index in [1.54, 1.807) is 29.9 Å². The molecule has 2 aromatic carbocycles. The van der Waals surface area contributed by atoms with Gasteiger partial charge in [-0.3, -0.25) is 24.0 Å². The largest absolute Gasteiger partial charge is 0.330 e. The molecular weight excluding hydrogens is 372 g/mol. The number of aromatic nitrogens is 3. The number of non-ortho nitro benzene ring substituents is 1. The topological polar surface area (TPSA) is 92.1 Å².